The molecule has 0 saturated heterocycles. The van der Waals surface area contributed by atoms with Crippen molar-refractivity contribution in [3.05, 3.63) is 50.5 Å². The van der Waals surface area contributed by atoms with Crippen molar-refractivity contribution in [2.45, 2.75) is 12.7 Å². The zero-order valence-corrected chi connectivity index (χ0v) is 13.6. The number of pyridine rings is 1. The molecule has 2 N–H and O–H groups in total. The quantitative estimate of drug-likeness (QED) is 0.762. The highest BCUT2D eigenvalue weighted by Gasteiger charge is 2.35. The molecule has 1 aromatic carbocycles. The van der Waals surface area contributed by atoms with Crippen molar-refractivity contribution in [1.29, 1.82) is 0 Å². The summed E-state index contributed by atoms with van der Waals surface area (Å²) in [5, 5.41) is 0. The van der Waals surface area contributed by atoms with Crippen LogP contribution < -0.4 is 10.5 Å². The van der Waals surface area contributed by atoms with Gasteiger partial charge in [0.05, 0.1) is 10.0 Å². The molecule has 0 atom stereocenters. The molecule has 0 unspecified atom stereocenters. The highest BCUT2D eigenvalue weighted by Crippen LogP contribution is 2.39. The van der Waals surface area contributed by atoms with Crippen LogP contribution in [0.25, 0.3) is 0 Å². The van der Waals surface area contributed by atoms with E-state index < -0.39 is 11.7 Å². The number of hydrogen-bond acceptors (Lipinski definition) is 3. The molecule has 0 saturated carbocycles. The molecule has 0 fully saturated rings. The van der Waals surface area contributed by atoms with Gasteiger partial charge >= 0.3 is 6.18 Å². The third-order valence-electron chi connectivity index (χ3n) is 2.57. The normalized spacial score (nSPS) is 11.5. The maximum absolute atomic E-state index is 13.1. The van der Waals surface area contributed by atoms with Crippen molar-refractivity contribution >= 4 is 31.9 Å². The maximum atomic E-state index is 13.1. The van der Waals surface area contributed by atoms with Crippen LogP contribution >= 0.6 is 31.9 Å². The molecule has 1 aromatic heterocycles. The van der Waals surface area contributed by atoms with Gasteiger partial charge in [-0.1, -0.05) is 6.07 Å². The fourth-order valence-electron chi connectivity index (χ4n) is 1.60. The minimum atomic E-state index is -4.54. The van der Waals surface area contributed by atoms with Gasteiger partial charge < -0.3 is 10.5 Å². The van der Waals surface area contributed by atoms with E-state index in [-0.39, 0.29) is 18.2 Å². The summed E-state index contributed by atoms with van der Waals surface area (Å²) >= 11 is 6.39. The zero-order chi connectivity index (χ0) is 15.6. The molecule has 2 aromatic rings. The number of alkyl halides is 3. The second-order valence-electron chi connectivity index (χ2n) is 4.07. The minimum Gasteiger partial charge on any atom is -0.437 e. The lowest BCUT2D eigenvalue weighted by Gasteiger charge is -2.15. The number of ether oxygens (including phenoxy) is 1. The first-order chi connectivity index (χ1) is 9.81. The molecule has 8 heteroatoms. The molecule has 3 nitrogen and oxygen atoms in total. The van der Waals surface area contributed by atoms with E-state index in [1.54, 1.807) is 6.07 Å². The SMILES string of the molecule is NCc1ccc(Oc2ncc(Br)cc2Br)c(C(F)(F)F)c1. The van der Waals surface area contributed by atoms with Crippen LogP contribution in [-0.4, -0.2) is 4.98 Å². The molecule has 0 radical (unpaired) electrons. The summed E-state index contributed by atoms with van der Waals surface area (Å²) in [6.45, 7) is 0.0174. The fraction of sp³-hybridized carbons (Fsp3) is 0.154. The van der Waals surface area contributed by atoms with Crippen molar-refractivity contribution in [3.8, 4) is 11.6 Å². The summed E-state index contributed by atoms with van der Waals surface area (Å²) in [7, 11) is 0. The summed E-state index contributed by atoms with van der Waals surface area (Å²) in [5.41, 5.74) is 4.86. The Hall–Kier alpha value is -1.12. The van der Waals surface area contributed by atoms with E-state index in [2.05, 4.69) is 36.8 Å². The number of nitrogens with two attached hydrogens (primary N) is 1. The lowest BCUT2D eigenvalue weighted by atomic mass is 10.1. The van der Waals surface area contributed by atoms with E-state index >= 15 is 0 Å². The first kappa shape index (κ1) is 16.3. The summed E-state index contributed by atoms with van der Waals surface area (Å²) in [6, 6.07) is 5.32. The Balaban J connectivity index is 2.44. The standard InChI is InChI=1S/C13H9Br2F3N2O/c14-8-4-10(15)12(20-6-8)21-11-2-1-7(5-19)3-9(11)13(16,17)18/h1-4,6H,5,19H2. The van der Waals surface area contributed by atoms with Gasteiger partial charge in [0, 0.05) is 17.2 Å². The molecule has 0 spiro atoms. The predicted molar refractivity (Wildman–Crippen MR) is 79.0 cm³/mol. The molecule has 1 heterocycles. The Morgan fingerprint density at radius 2 is 1.90 bits per heavy atom. The Morgan fingerprint density at radius 3 is 2.48 bits per heavy atom. The van der Waals surface area contributed by atoms with Crippen LogP contribution in [0.2, 0.25) is 0 Å². The molecule has 0 bridgehead atoms. The maximum Gasteiger partial charge on any atom is 0.419 e. The van der Waals surface area contributed by atoms with Crippen molar-refractivity contribution in [3.63, 3.8) is 0 Å². The average Bonchev–Trinajstić information content (AvgIpc) is 2.41. The number of nitrogens with zero attached hydrogens (tertiary/aromatic N) is 1. The van der Waals surface area contributed by atoms with Gasteiger partial charge in [0.1, 0.15) is 5.75 Å². The lowest BCUT2D eigenvalue weighted by Crippen LogP contribution is -2.09. The highest BCUT2D eigenvalue weighted by atomic mass is 79.9. The second kappa shape index (κ2) is 6.33. The van der Waals surface area contributed by atoms with Gasteiger partial charge in [0.2, 0.25) is 5.88 Å². The molecule has 0 aliphatic carbocycles. The summed E-state index contributed by atoms with van der Waals surface area (Å²) in [4.78, 5) is 3.93. The van der Waals surface area contributed by atoms with Crippen molar-refractivity contribution in [2.75, 3.05) is 0 Å². The molecule has 2 rings (SSSR count). The highest BCUT2D eigenvalue weighted by molar-refractivity contribution is 9.11. The number of benzene rings is 1. The van der Waals surface area contributed by atoms with E-state index in [0.29, 0.717) is 14.5 Å². The van der Waals surface area contributed by atoms with Gasteiger partial charge in [0.15, 0.2) is 0 Å². The van der Waals surface area contributed by atoms with Crippen LogP contribution in [0.5, 0.6) is 11.6 Å². The van der Waals surface area contributed by atoms with Gasteiger partial charge in [-0.05, 0) is 55.6 Å². The number of aromatic nitrogens is 1. The zero-order valence-electron chi connectivity index (χ0n) is 10.4. The third kappa shape index (κ3) is 3.96. The molecular formula is C13H9Br2F3N2O. The molecule has 21 heavy (non-hydrogen) atoms. The summed E-state index contributed by atoms with van der Waals surface area (Å²) < 4.78 is 45.6. The predicted octanol–water partition coefficient (Wildman–Crippen LogP) is 4.88. The average molecular weight is 426 g/mol. The van der Waals surface area contributed by atoms with Gasteiger partial charge in [-0.25, -0.2) is 4.98 Å². The lowest BCUT2D eigenvalue weighted by molar-refractivity contribution is -0.138. The molecule has 0 amide bonds. The van der Waals surface area contributed by atoms with Crippen LogP contribution in [0.15, 0.2) is 39.4 Å². The Bertz CT molecular complexity index is 662. The fourth-order valence-corrected chi connectivity index (χ4v) is 2.66. The monoisotopic (exact) mass is 424 g/mol. The number of rotatable bonds is 3. The number of halogens is 5. The van der Waals surface area contributed by atoms with Crippen LogP contribution in [0.3, 0.4) is 0 Å². The van der Waals surface area contributed by atoms with Gasteiger partial charge in [-0.3, -0.25) is 0 Å². The Morgan fingerprint density at radius 1 is 1.19 bits per heavy atom. The van der Waals surface area contributed by atoms with Crippen LogP contribution in [0, 0.1) is 0 Å². The van der Waals surface area contributed by atoms with E-state index in [4.69, 9.17) is 10.5 Å². The summed E-state index contributed by atoms with van der Waals surface area (Å²) in [5.74, 6) is -0.278. The molecular weight excluding hydrogens is 417 g/mol. The number of hydrogen-bond donors (Lipinski definition) is 1. The van der Waals surface area contributed by atoms with Crippen LogP contribution in [0.1, 0.15) is 11.1 Å². The largest absolute Gasteiger partial charge is 0.437 e. The molecule has 0 aliphatic heterocycles. The summed E-state index contributed by atoms with van der Waals surface area (Å²) in [6.07, 6.45) is -3.11. The van der Waals surface area contributed by atoms with E-state index in [9.17, 15) is 13.2 Å². The van der Waals surface area contributed by atoms with Gasteiger partial charge in [0.25, 0.3) is 0 Å². The van der Waals surface area contributed by atoms with Crippen LogP contribution in [0.4, 0.5) is 13.2 Å². The Labute approximate surface area is 135 Å². The smallest absolute Gasteiger partial charge is 0.419 e. The topological polar surface area (TPSA) is 48.1 Å². The van der Waals surface area contributed by atoms with E-state index in [1.807, 2.05) is 0 Å². The van der Waals surface area contributed by atoms with E-state index in [0.717, 1.165) is 6.07 Å². The van der Waals surface area contributed by atoms with Crippen molar-refractivity contribution < 1.29 is 17.9 Å². The van der Waals surface area contributed by atoms with E-state index in [1.165, 1.54) is 18.3 Å². The molecule has 0 aliphatic rings. The Kier molecular flexibility index (Phi) is 4.90. The van der Waals surface area contributed by atoms with Crippen LogP contribution in [-0.2, 0) is 12.7 Å². The van der Waals surface area contributed by atoms with Crippen molar-refractivity contribution in [1.82, 2.24) is 4.98 Å². The molecule has 112 valence electrons. The second-order valence-corrected chi connectivity index (χ2v) is 5.84. The van der Waals surface area contributed by atoms with Gasteiger partial charge in [-0.15, -0.1) is 0 Å². The first-order valence-corrected chi connectivity index (χ1v) is 7.29. The van der Waals surface area contributed by atoms with Gasteiger partial charge in [-0.2, -0.15) is 13.2 Å². The van der Waals surface area contributed by atoms with Crippen molar-refractivity contribution in [2.24, 2.45) is 5.73 Å². The third-order valence-corrected chi connectivity index (χ3v) is 3.57. The minimum absolute atomic E-state index is 0.0174. The first-order valence-electron chi connectivity index (χ1n) is 5.70.